The molecule has 0 aliphatic heterocycles. The number of nitrogens with one attached hydrogen (secondary N) is 1. The van der Waals surface area contributed by atoms with Crippen molar-refractivity contribution < 1.29 is 0 Å². The van der Waals surface area contributed by atoms with E-state index in [1.54, 1.807) is 11.3 Å². The third kappa shape index (κ3) is 3.30. The van der Waals surface area contributed by atoms with Crippen LogP contribution in [0.3, 0.4) is 0 Å². The lowest BCUT2D eigenvalue weighted by Gasteiger charge is -2.09. The fourth-order valence-electron chi connectivity index (χ4n) is 2.68. The Bertz CT molecular complexity index is 1060. The summed E-state index contributed by atoms with van der Waals surface area (Å²) in [6, 6.07) is 18.8. The molecule has 0 aliphatic carbocycles. The third-order valence-electron chi connectivity index (χ3n) is 4.00. The monoisotopic (exact) mass is 409 g/mol. The van der Waals surface area contributed by atoms with Gasteiger partial charge in [-0.2, -0.15) is 0 Å². The Morgan fingerprint density at radius 2 is 1.76 bits per heavy atom. The van der Waals surface area contributed by atoms with Gasteiger partial charge in [-0.1, -0.05) is 52.3 Å². The summed E-state index contributed by atoms with van der Waals surface area (Å²) in [5.74, 6) is 1.61. The molecule has 0 aliphatic rings. The van der Waals surface area contributed by atoms with Gasteiger partial charge in [0.1, 0.15) is 16.5 Å². The molecule has 0 saturated carbocycles. The summed E-state index contributed by atoms with van der Waals surface area (Å²) in [7, 11) is 0. The molecule has 3 nitrogen and oxygen atoms in total. The lowest BCUT2D eigenvalue weighted by atomic mass is 10.2. The Balaban J connectivity index is 1.80. The van der Waals surface area contributed by atoms with Crippen LogP contribution in [0.4, 0.5) is 11.5 Å². The van der Waals surface area contributed by atoms with Gasteiger partial charge in [-0.25, -0.2) is 9.97 Å². The van der Waals surface area contributed by atoms with E-state index in [-0.39, 0.29) is 0 Å². The van der Waals surface area contributed by atoms with Crippen LogP contribution in [0.5, 0.6) is 0 Å². The molecule has 0 saturated heterocycles. The quantitative estimate of drug-likeness (QED) is 0.420. The topological polar surface area (TPSA) is 37.8 Å². The first kappa shape index (κ1) is 16.2. The summed E-state index contributed by atoms with van der Waals surface area (Å²) in [5.41, 5.74) is 3.41. The van der Waals surface area contributed by atoms with Crippen LogP contribution in [0, 0.1) is 13.8 Å². The van der Waals surface area contributed by atoms with E-state index in [4.69, 9.17) is 0 Å². The first-order valence-corrected chi connectivity index (χ1v) is 9.58. The summed E-state index contributed by atoms with van der Waals surface area (Å²) in [6.07, 6.45) is 0. The van der Waals surface area contributed by atoms with E-state index in [2.05, 4.69) is 86.7 Å². The van der Waals surface area contributed by atoms with Gasteiger partial charge in [-0.3, -0.25) is 0 Å². The highest BCUT2D eigenvalue weighted by atomic mass is 79.9. The lowest BCUT2D eigenvalue weighted by Crippen LogP contribution is -1.97. The molecule has 0 atom stereocenters. The summed E-state index contributed by atoms with van der Waals surface area (Å²) < 4.78 is 1.08. The van der Waals surface area contributed by atoms with E-state index in [0.29, 0.717) is 0 Å². The maximum atomic E-state index is 4.62. The predicted octanol–water partition coefficient (Wildman–Crippen LogP) is 6.48. The van der Waals surface area contributed by atoms with E-state index in [0.717, 1.165) is 32.0 Å². The van der Waals surface area contributed by atoms with Gasteiger partial charge < -0.3 is 5.32 Å². The number of fused-ring (bicyclic) bond motifs is 1. The predicted molar refractivity (Wildman–Crippen MR) is 110 cm³/mol. The number of rotatable bonds is 3. The minimum atomic E-state index is 0.766. The summed E-state index contributed by atoms with van der Waals surface area (Å²) in [4.78, 5) is 11.4. The van der Waals surface area contributed by atoms with Crippen LogP contribution in [0.2, 0.25) is 0 Å². The second kappa shape index (κ2) is 6.58. The molecule has 25 heavy (non-hydrogen) atoms. The molecule has 5 heteroatoms. The fraction of sp³-hybridized carbons (Fsp3) is 0.100. The Kier molecular flexibility index (Phi) is 4.27. The Hall–Kier alpha value is -2.24. The Labute approximate surface area is 158 Å². The zero-order chi connectivity index (χ0) is 17.4. The molecule has 1 N–H and O–H groups in total. The van der Waals surface area contributed by atoms with Gasteiger partial charge in [0.05, 0.1) is 5.39 Å². The van der Waals surface area contributed by atoms with Gasteiger partial charge in [0.25, 0.3) is 0 Å². The second-order valence-electron chi connectivity index (χ2n) is 5.90. The summed E-state index contributed by atoms with van der Waals surface area (Å²) in [6.45, 7) is 4.00. The highest BCUT2D eigenvalue weighted by Crippen LogP contribution is 2.36. The largest absolute Gasteiger partial charge is 0.340 e. The number of benzene rings is 2. The molecule has 0 fully saturated rings. The molecule has 2 heterocycles. The van der Waals surface area contributed by atoms with Gasteiger partial charge in [-0.05, 0) is 43.2 Å². The number of halogens is 1. The summed E-state index contributed by atoms with van der Waals surface area (Å²) >= 11 is 5.28. The molecule has 4 rings (SSSR count). The van der Waals surface area contributed by atoms with Gasteiger partial charge in [0.15, 0.2) is 0 Å². The van der Waals surface area contributed by atoms with Crippen LogP contribution in [0.15, 0.2) is 59.1 Å². The molecule has 0 amide bonds. The number of nitrogens with zero attached hydrogens (tertiary/aromatic N) is 2. The number of thiophene rings is 1. The molecular formula is C20H16BrN3S. The van der Waals surface area contributed by atoms with Crippen molar-refractivity contribution in [3.63, 3.8) is 0 Å². The molecule has 0 unspecified atom stereocenters. The van der Waals surface area contributed by atoms with Gasteiger partial charge in [0, 0.05) is 15.0 Å². The fourth-order valence-corrected chi connectivity index (χ4v) is 4.14. The van der Waals surface area contributed by atoms with E-state index in [1.807, 2.05) is 13.0 Å². The summed E-state index contributed by atoms with van der Waals surface area (Å²) in [5, 5.41) is 4.49. The second-order valence-corrected chi connectivity index (χ2v) is 7.79. The van der Waals surface area contributed by atoms with Gasteiger partial charge in [0.2, 0.25) is 0 Å². The van der Waals surface area contributed by atoms with E-state index in [9.17, 15) is 0 Å². The highest BCUT2D eigenvalue weighted by Gasteiger charge is 2.12. The van der Waals surface area contributed by atoms with E-state index < -0.39 is 0 Å². The zero-order valence-corrected chi connectivity index (χ0v) is 16.3. The standard InChI is InChI=1S/C20H16BrN3S/c1-12-8-9-15(10-17(12)21)24-19-16-11-18(14-6-4-3-5-7-14)25-20(16)23-13(2)22-19/h3-11H,1-2H3,(H,22,23,24). The van der Waals surface area contributed by atoms with Crippen LogP contribution in [0.1, 0.15) is 11.4 Å². The van der Waals surface area contributed by atoms with Crippen LogP contribution in [-0.2, 0) is 0 Å². The van der Waals surface area contributed by atoms with Crippen molar-refractivity contribution in [1.82, 2.24) is 9.97 Å². The molecule has 4 aromatic rings. The SMILES string of the molecule is Cc1nc(Nc2ccc(C)c(Br)c2)c2cc(-c3ccccc3)sc2n1. The highest BCUT2D eigenvalue weighted by molar-refractivity contribution is 9.10. The van der Waals surface area contributed by atoms with E-state index in [1.165, 1.54) is 16.0 Å². The molecular weight excluding hydrogens is 394 g/mol. The van der Waals surface area contributed by atoms with Crippen molar-refractivity contribution in [3.8, 4) is 10.4 Å². The van der Waals surface area contributed by atoms with Crippen LogP contribution >= 0.6 is 27.3 Å². The number of aryl methyl sites for hydroxylation is 2. The molecule has 2 aromatic heterocycles. The van der Waals surface area contributed by atoms with Crippen LogP contribution in [-0.4, -0.2) is 9.97 Å². The number of anilines is 2. The number of hydrogen-bond acceptors (Lipinski definition) is 4. The number of hydrogen-bond donors (Lipinski definition) is 1. The first-order chi connectivity index (χ1) is 12.1. The van der Waals surface area contributed by atoms with Crippen LogP contribution < -0.4 is 5.32 Å². The average Bonchev–Trinajstić information content (AvgIpc) is 3.03. The van der Waals surface area contributed by atoms with Crippen molar-refractivity contribution in [1.29, 1.82) is 0 Å². The Morgan fingerprint density at radius 1 is 0.960 bits per heavy atom. The van der Waals surface area contributed by atoms with Crippen molar-refractivity contribution >= 4 is 49.0 Å². The van der Waals surface area contributed by atoms with Gasteiger partial charge >= 0.3 is 0 Å². The van der Waals surface area contributed by atoms with Crippen molar-refractivity contribution in [3.05, 3.63) is 70.5 Å². The normalized spacial score (nSPS) is 11.0. The maximum absolute atomic E-state index is 4.62. The van der Waals surface area contributed by atoms with Crippen molar-refractivity contribution in [2.75, 3.05) is 5.32 Å². The molecule has 0 radical (unpaired) electrons. The molecule has 0 spiro atoms. The van der Waals surface area contributed by atoms with E-state index >= 15 is 0 Å². The van der Waals surface area contributed by atoms with Gasteiger partial charge in [-0.15, -0.1) is 11.3 Å². The van der Waals surface area contributed by atoms with Crippen molar-refractivity contribution in [2.24, 2.45) is 0 Å². The lowest BCUT2D eigenvalue weighted by molar-refractivity contribution is 1.10. The number of aromatic nitrogens is 2. The maximum Gasteiger partial charge on any atom is 0.142 e. The Morgan fingerprint density at radius 3 is 2.52 bits per heavy atom. The smallest absolute Gasteiger partial charge is 0.142 e. The molecule has 124 valence electrons. The molecule has 2 aromatic carbocycles. The first-order valence-electron chi connectivity index (χ1n) is 7.97. The molecule has 0 bridgehead atoms. The zero-order valence-electron chi connectivity index (χ0n) is 13.9. The minimum Gasteiger partial charge on any atom is -0.340 e. The van der Waals surface area contributed by atoms with Crippen LogP contribution in [0.25, 0.3) is 20.7 Å². The third-order valence-corrected chi connectivity index (χ3v) is 5.93. The average molecular weight is 410 g/mol. The minimum absolute atomic E-state index is 0.766. The van der Waals surface area contributed by atoms with Crippen molar-refractivity contribution in [2.45, 2.75) is 13.8 Å².